The van der Waals surface area contributed by atoms with E-state index in [2.05, 4.69) is 0 Å². The quantitative estimate of drug-likeness (QED) is 0.485. The number of alkyl halides is 3. The smallest absolute Gasteiger partial charge is 0.497 e. The Morgan fingerprint density at radius 2 is 1.52 bits per heavy atom. The van der Waals surface area contributed by atoms with Crippen molar-refractivity contribution in [3.63, 3.8) is 0 Å². The molecule has 2 aromatic rings. The van der Waals surface area contributed by atoms with Crippen LogP contribution in [0, 0.1) is 0 Å². The first kappa shape index (κ1) is 23.5. The van der Waals surface area contributed by atoms with Gasteiger partial charge in [-0.3, -0.25) is 0 Å². The van der Waals surface area contributed by atoms with Gasteiger partial charge in [-0.2, -0.15) is 26.2 Å². The van der Waals surface area contributed by atoms with Gasteiger partial charge in [0.05, 0.1) is 25.0 Å². The summed E-state index contributed by atoms with van der Waals surface area (Å²) in [6, 6.07) is 16.2. The van der Waals surface area contributed by atoms with Gasteiger partial charge in [-0.25, -0.2) is 0 Å². The predicted octanol–water partition coefficient (Wildman–Crippen LogP) is 3.82. The summed E-state index contributed by atoms with van der Waals surface area (Å²) in [5, 5.41) is 0. The van der Waals surface area contributed by atoms with Crippen molar-refractivity contribution in [2.24, 2.45) is 0 Å². The second-order valence-corrected chi connectivity index (χ2v) is 9.26. The van der Waals surface area contributed by atoms with E-state index in [0.717, 1.165) is 11.1 Å². The zero-order chi connectivity index (χ0) is 22.9. The molecule has 6 nitrogen and oxygen atoms in total. The van der Waals surface area contributed by atoms with Gasteiger partial charge in [-0.15, -0.1) is 0 Å². The fourth-order valence-corrected chi connectivity index (χ4v) is 4.91. The number of likely N-dealkylation sites (N-methyl/N-ethyl adjacent to an activating group) is 1. The number of hydroxylamine groups is 3. The van der Waals surface area contributed by atoms with Gasteiger partial charge in [-0.1, -0.05) is 46.7 Å². The molecule has 1 fully saturated rings. The van der Waals surface area contributed by atoms with E-state index in [1.807, 2.05) is 36.4 Å². The lowest BCUT2D eigenvalue weighted by molar-refractivity contribution is -1.07. The van der Waals surface area contributed by atoms with Crippen LogP contribution < -0.4 is 4.74 Å². The molecular weight excluding hydrogens is 435 g/mol. The molecule has 1 aliphatic rings. The Labute approximate surface area is 179 Å². The van der Waals surface area contributed by atoms with Crippen molar-refractivity contribution in [2.45, 2.75) is 23.4 Å². The maximum absolute atomic E-state index is 13.1. The van der Waals surface area contributed by atoms with Gasteiger partial charge in [0.1, 0.15) is 25.9 Å². The maximum atomic E-state index is 13.1. The van der Waals surface area contributed by atoms with Crippen molar-refractivity contribution < 1.29 is 40.0 Å². The fourth-order valence-electron chi connectivity index (χ4n) is 4.23. The van der Waals surface area contributed by atoms with Gasteiger partial charge < -0.3 is 9.47 Å². The number of piperidine rings is 1. The first-order valence-corrected chi connectivity index (χ1v) is 11.0. The second kappa shape index (κ2) is 8.78. The molecule has 0 saturated carbocycles. The van der Waals surface area contributed by atoms with Crippen LogP contribution in [-0.2, 0) is 19.1 Å². The highest BCUT2D eigenvalue weighted by Crippen LogP contribution is 2.42. The van der Waals surface area contributed by atoms with Gasteiger partial charge in [0.25, 0.3) is 0 Å². The summed E-state index contributed by atoms with van der Waals surface area (Å²) in [7, 11) is -1.40. The number of hydrogen-bond donors (Lipinski definition) is 0. The summed E-state index contributed by atoms with van der Waals surface area (Å²) in [5.74, 6) is -0.288. The molecule has 10 heteroatoms. The molecule has 1 heterocycles. The lowest BCUT2D eigenvalue weighted by Gasteiger charge is -2.45. The van der Waals surface area contributed by atoms with Crippen LogP contribution in [0.25, 0.3) is 0 Å². The summed E-state index contributed by atoms with van der Waals surface area (Å²) in [4.78, 5) is 0. The molecule has 31 heavy (non-hydrogen) atoms. The summed E-state index contributed by atoms with van der Waals surface area (Å²) in [6.45, 7) is -0.0530. The molecular formula is C21H25F3NO5S+. The zero-order valence-electron chi connectivity index (χ0n) is 17.4. The average Bonchev–Trinajstić information content (AvgIpc) is 2.72. The molecule has 170 valence electrons. The average molecular weight is 460 g/mol. The first-order chi connectivity index (χ1) is 14.5. The maximum Gasteiger partial charge on any atom is 0.528 e. The Balaban J connectivity index is 2.08. The summed E-state index contributed by atoms with van der Waals surface area (Å²) in [5.41, 5.74) is -3.94. The first-order valence-electron chi connectivity index (χ1n) is 9.58. The van der Waals surface area contributed by atoms with Crippen LogP contribution >= 0.6 is 0 Å². The van der Waals surface area contributed by atoms with Gasteiger partial charge in [0, 0.05) is 7.11 Å². The Kier molecular flexibility index (Phi) is 6.66. The van der Waals surface area contributed by atoms with E-state index in [9.17, 15) is 21.6 Å². The van der Waals surface area contributed by atoms with Crippen molar-refractivity contribution in [1.29, 1.82) is 0 Å². The monoisotopic (exact) mass is 460 g/mol. The minimum absolute atomic E-state index is 0.0156. The largest absolute Gasteiger partial charge is 0.528 e. The van der Waals surface area contributed by atoms with Crippen molar-refractivity contribution >= 4 is 10.1 Å². The molecule has 4 unspecified atom stereocenters. The SMILES string of the molecule is COc1cccc(C2C[N+](C)(OS(=O)(=O)C(F)(F)F)CC(c3ccccc3)C2OC)c1. The molecule has 0 bridgehead atoms. The van der Waals surface area contributed by atoms with Gasteiger partial charge in [0.2, 0.25) is 0 Å². The van der Waals surface area contributed by atoms with Crippen LogP contribution in [0.1, 0.15) is 23.0 Å². The molecule has 1 aliphatic heterocycles. The summed E-state index contributed by atoms with van der Waals surface area (Å²) < 4.78 is 78.0. The lowest BCUT2D eigenvalue weighted by atomic mass is 9.78. The minimum atomic E-state index is -5.80. The normalized spacial score (nSPS) is 27.1. The van der Waals surface area contributed by atoms with Crippen molar-refractivity contribution in [2.75, 3.05) is 34.4 Å². The van der Waals surface area contributed by atoms with Crippen LogP contribution in [0.3, 0.4) is 0 Å². The number of quaternary nitrogens is 1. The molecule has 0 aliphatic carbocycles. The Morgan fingerprint density at radius 3 is 2.06 bits per heavy atom. The van der Waals surface area contributed by atoms with Crippen LogP contribution in [-0.4, -0.2) is 59.0 Å². The number of methoxy groups -OCH3 is 2. The van der Waals surface area contributed by atoms with E-state index >= 15 is 0 Å². The topological polar surface area (TPSA) is 61.8 Å². The molecule has 2 aromatic carbocycles. The molecule has 1 saturated heterocycles. The van der Waals surface area contributed by atoms with E-state index in [4.69, 9.17) is 13.8 Å². The number of benzene rings is 2. The third-order valence-corrected chi connectivity index (χ3v) is 6.67. The number of hydrogen-bond acceptors (Lipinski definition) is 5. The third-order valence-electron chi connectivity index (χ3n) is 5.54. The highest BCUT2D eigenvalue weighted by molar-refractivity contribution is 7.87. The Hall–Kier alpha value is -2.14. The lowest BCUT2D eigenvalue weighted by Crippen LogP contribution is -2.59. The molecule has 0 radical (unpaired) electrons. The number of rotatable bonds is 6. The standard InChI is InChI=1S/C21H25F3NO5S/c1-25(30-31(26,27)21(22,23)24)13-18(15-8-5-4-6-9-15)20(29-3)19(14-25)16-10-7-11-17(12-16)28-2/h4-12,18-20H,13-14H2,1-3H3/q+1. The van der Waals surface area contributed by atoms with E-state index < -0.39 is 38.2 Å². The van der Waals surface area contributed by atoms with Crippen LogP contribution in [0.4, 0.5) is 13.2 Å². The third kappa shape index (κ3) is 5.03. The van der Waals surface area contributed by atoms with Crippen LogP contribution in [0.5, 0.6) is 5.75 Å². The Morgan fingerprint density at radius 1 is 0.935 bits per heavy atom. The number of likely N-dealkylation sites (tertiary alicyclic amines) is 1. The molecule has 0 N–H and O–H groups in total. The van der Waals surface area contributed by atoms with E-state index in [1.165, 1.54) is 21.3 Å². The number of nitrogens with zero attached hydrogens (tertiary/aromatic N) is 1. The number of ether oxygens (including phenoxy) is 2. The van der Waals surface area contributed by atoms with Crippen LogP contribution in [0.15, 0.2) is 54.6 Å². The molecule has 0 aromatic heterocycles. The van der Waals surface area contributed by atoms with E-state index in [1.54, 1.807) is 18.2 Å². The molecule has 4 atom stereocenters. The van der Waals surface area contributed by atoms with Gasteiger partial charge >= 0.3 is 15.6 Å². The minimum Gasteiger partial charge on any atom is -0.497 e. The van der Waals surface area contributed by atoms with E-state index in [0.29, 0.717) is 5.75 Å². The van der Waals surface area contributed by atoms with Crippen molar-refractivity contribution in [3.05, 3.63) is 65.7 Å². The number of halogens is 3. The molecule has 3 rings (SSSR count). The van der Waals surface area contributed by atoms with Crippen molar-refractivity contribution in [1.82, 2.24) is 0 Å². The van der Waals surface area contributed by atoms with Crippen LogP contribution in [0.2, 0.25) is 0 Å². The molecule has 0 spiro atoms. The summed E-state index contributed by atoms with van der Waals surface area (Å²) >= 11 is 0. The Bertz CT molecular complexity index is 1000. The second-order valence-electron chi connectivity index (χ2n) is 7.74. The highest BCUT2D eigenvalue weighted by atomic mass is 32.2. The van der Waals surface area contributed by atoms with Gasteiger partial charge in [0.15, 0.2) is 0 Å². The summed E-state index contributed by atoms with van der Waals surface area (Å²) in [6.07, 6.45) is -0.419. The fraction of sp³-hybridized carbons (Fsp3) is 0.429. The highest BCUT2D eigenvalue weighted by Gasteiger charge is 2.56. The van der Waals surface area contributed by atoms with Gasteiger partial charge in [-0.05, 0) is 23.3 Å². The molecule has 0 amide bonds. The zero-order valence-corrected chi connectivity index (χ0v) is 18.2. The van der Waals surface area contributed by atoms with E-state index in [-0.39, 0.29) is 13.1 Å². The predicted molar refractivity (Wildman–Crippen MR) is 108 cm³/mol. The van der Waals surface area contributed by atoms with Crippen molar-refractivity contribution in [3.8, 4) is 5.75 Å².